The van der Waals surface area contributed by atoms with Crippen LogP contribution in [0, 0.1) is 5.92 Å². The topological polar surface area (TPSA) is 42.9 Å². The molecule has 0 saturated carbocycles. The Morgan fingerprint density at radius 2 is 1.32 bits per heavy atom. The fourth-order valence-electron chi connectivity index (χ4n) is 8.23. The predicted octanol–water partition coefficient (Wildman–Crippen LogP) is 9.72. The average Bonchev–Trinajstić information content (AvgIpc) is 3.74. The van der Waals surface area contributed by atoms with E-state index in [0.717, 1.165) is 56.5 Å². The SMILES string of the molecule is C1=CCC(C2NN=C(c3c(-c4cccc5c4Oc4ccccc4C54c5ccccc5-c5ccccc54)ccc4ccccc34)O2)C=C1. The number of fused-ring (bicyclic) bond motifs is 10. The highest BCUT2D eigenvalue weighted by Gasteiger charge is 2.51. The quantitative estimate of drug-likeness (QED) is 0.218. The summed E-state index contributed by atoms with van der Waals surface area (Å²) in [5.41, 5.74) is 13.1. The Hall–Kier alpha value is -5.87. The van der Waals surface area contributed by atoms with Crippen LogP contribution in [0.3, 0.4) is 0 Å². The summed E-state index contributed by atoms with van der Waals surface area (Å²) in [6.45, 7) is 0. The zero-order valence-corrected chi connectivity index (χ0v) is 25.6. The number of nitrogens with one attached hydrogen (secondary N) is 1. The van der Waals surface area contributed by atoms with Gasteiger partial charge in [0.2, 0.25) is 5.90 Å². The Kier molecular flexibility index (Phi) is 5.64. The van der Waals surface area contributed by atoms with E-state index in [2.05, 4.69) is 157 Å². The van der Waals surface area contributed by atoms with E-state index in [1.165, 1.54) is 22.3 Å². The molecule has 2 unspecified atom stereocenters. The first-order chi connectivity index (χ1) is 23.3. The molecule has 6 aromatic rings. The van der Waals surface area contributed by atoms with E-state index in [1.54, 1.807) is 0 Å². The summed E-state index contributed by atoms with van der Waals surface area (Å²) >= 11 is 0. The lowest BCUT2D eigenvalue weighted by Gasteiger charge is -2.40. The van der Waals surface area contributed by atoms with E-state index < -0.39 is 5.41 Å². The van der Waals surface area contributed by atoms with Crippen LogP contribution in [0.25, 0.3) is 33.0 Å². The van der Waals surface area contributed by atoms with Crippen LogP contribution in [0.2, 0.25) is 0 Å². The van der Waals surface area contributed by atoms with Crippen LogP contribution in [0.5, 0.6) is 11.5 Å². The van der Waals surface area contributed by atoms with Crippen molar-refractivity contribution in [2.45, 2.75) is 18.1 Å². The summed E-state index contributed by atoms with van der Waals surface area (Å²) in [5.74, 6) is 2.53. The Morgan fingerprint density at radius 1 is 0.617 bits per heavy atom. The molecule has 2 atom stereocenters. The van der Waals surface area contributed by atoms with E-state index in [1.807, 2.05) is 0 Å². The third-order valence-corrected chi connectivity index (χ3v) is 10.2. The number of para-hydroxylation sites is 2. The van der Waals surface area contributed by atoms with Crippen molar-refractivity contribution in [1.29, 1.82) is 0 Å². The highest BCUT2D eigenvalue weighted by Crippen LogP contribution is 2.63. The lowest BCUT2D eigenvalue weighted by Crippen LogP contribution is -2.32. The van der Waals surface area contributed by atoms with Crippen molar-refractivity contribution >= 4 is 16.7 Å². The Bertz CT molecular complexity index is 2300. The van der Waals surface area contributed by atoms with Crippen LogP contribution in [0.15, 0.2) is 157 Å². The first-order valence-corrected chi connectivity index (χ1v) is 16.3. The van der Waals surface area contributed by atoms with Gasteiger partial charge in [-0.2, -0.15) is 0 Å². The number of rotatable bonds is 3. The summed E-state index contributed by atoms with van der Waals surface area (Å²) in [6, 6.07) is 45.7. The molecule has 2 aliphatic heterocycles. The van der Waals surface area contributed by atoms with Crippen molar-refractivity contribution in [2.24, 2.45) is 11.0 Å². The van der Waals surface area contributed by atoms with Crippen LogP contribution in [0.4, 0.5) is 0 Å². The largest absolute Gasteiger partial charge is 0.456 e. The minimum absolute atomic E-state index is 0.200. The van der Waals surface area contributed by atoms with Crippen molar-refractivity contribution < 1.29 is 9.47 Å². The van der Waals surface area contributed by atoms with Crippen LogP contribution >= 0.6 is 0 Å². The highest BCUT2D eigenvalue weighted by atomic mass is 16.5. The van der Waals surface area contributed by atoms with E-state index >= 15 is 0 Å². The zero-order valence-electron chi connectivity index (χ0n) is 25.6. The van der Waals surface area contributed by atoms with Crippen molar-refractivity contribution in [3.8, 4) is 33.8 Å². The molecule has 47 heavy (non-hydrogen) atoms. The lowest BCUT2D eigenvalue weighted by atomic mass is 9.65. The van der Waals surface area contributed by atoms with Crippen LogP contribution in [0.1, 0.15) is 34.2 Å². The van der Waals surface area contributed by atoms with Gasteiger partial charge in [0, 0.05) is 22.6 Å². The summed E-state index contributed by atoms with van der Waals surface area (Å²) in [5, 5.41) is 7.04. The Balaban J connectivity index is 1.23. The van der Waals surface area contributed by atoms with Crippen molar-refractivity contribution in [2.75, 3.05) is 0 Å². The van der Waals surface area contributed by atoms with Gasteiger partial charge in [0.25, 0.3) is 0 Å². The average molecular weight is 607 g/mol. The van der Waals surface area contributed by atoms with Gasteiger partial charge in [-0.1, -0.05) is 146 Å². The van der Waals surface area contributed by atoms with E-state index in [4.69, 9.17) is 14.6 Å². The Morgan fingerprint density at radius 3 is 2.13 bits per heavy atom. The second-order valence-corrected chi connectivity index (χ2v) is 12.6. The minimum Gasteiger partial charge on any atom is -0.456 e. The maximum atomic E-state index is 7.01. The first kappa shape index (κ1) is 26.4. The highest BCUT2D eigenvalue weighted by molar-refractivity contribution is 6.13. The van der Waals surface area contributed by atoms with E-state index in [0.29, 0.717) is 5.90 Å². The smallest absolute Gasteiger partial charge is 0.241 e. The van der Waals surface area contributed by atoms with E-state index in [-0.39, 0.29) is 12.1 Å². The summed E-state index contributed by atoms with van der Waals surface area (Å²) < 4.78 is 13.7. The number of nitrogens with zero attached hydrogens (tertiary/aromatic N) is 1. The third kappa shape index (κ3) is 3.67. The fourth-order valence-corrected chi connectivity index (χ4v) is 8.23. The summed E-state index contributed by atoms with van der Waals surface area (Å²) in [4.78, 5) is 0. The molecule has 4 nitrogen and oxygen atoms in total. The predicted molar refractivity (Wildman–Crippen MR) is 188 cm³/mol. The van der Waals surface area contributed by atoms with Crippen molar-refractivity contribution in [3.63, 3.8) is 0 Å². The van der Waals surface area contributed by atoms with Gasteiger partial charge in [-0.15, -0.1) is 5.10 Å². The molecule has 4 aliphatic rings. The maximum absolute atomic E-state index is 7.01. The van der Waals surface area contributed by atoms with E-state index in [9.17, 15) is 0 Å². The van der Waals surface area contributed by atoms with Gasteiger partial charge in [-0.3, -0.25) is 5.43 Å². The molecule has 1 spiro atoms. The number of allylic oxidation sites excluding steroid dienone is 3. The molecule has 4 heteroatoms. The van der Waals surface area contributed by atoms with Crippen molar-refractivity contribution in [1.82, 2.24) is 5.43 Å². The molecular weight excluding hydrogens is 576 g/mol. The van der Waals surface area contributed by atoms with Gasteiger partial charge in [-0.25, -0.2) is 0 Å². The van der Waals surface area contributed by atoms with Gasteiger partial charge in [-0.05, 0) is 51.1 Å². The second-order valence-electron chi connectivity index (χ2n) is 12.6. The number of benzene rings is 6. The molecule has 2 heterocycles. The van der Waals surface area contributed by atoms with Crippen LogP contribution in [-0.4, -0.2) is 12.1 Å². The fraction of sp³-hybridized carbons (Fsp3) is 0.0930. The number of ether oxygens (including phenoxy) is 2. The number of hydrazone groups is 1. The van der Waals surface area contributed by atoms with Gasteiger partial charge in [0.15, 0.2) is 6.23 Å². The molecule has 0 aromatic heterocycles. The first-order valence-electron chi connectivity index (χ1n) is 16.3. The van der Waals surface area contributed by atoms with Crippen LogP contribution < -0.4 is 10.2 Å². The van der Waals surface area contributed by atoms with Gasteiger partial charge < -0.3 is 9.47 Å². The number of hydrogen-bond donors (Lipinski definition) is 1. The molecule has 0 fully saturated rings. The molecule has 0 amide bonds. The van der Waals surface area contributed by atoms with Gasteiger partial charge in [0.1, 0.15) is 11.5 Å². The molecular formula is C43H30N2O2. The molecule has 0 radical (unpaired) electrons. The van der Waals surface area contributed by atoms with Crippen LogP contribution in [-0.2, 0) is 10.2 Å². The molecule has 1 N–H and O–H groups in total. The molecule has 0 bridgehead atoms. The normalized spacial score (nSPS) is 19.2. The minimum atomic E-state index is -0.529. The zero-order chi connectivity index (χ0) is 31.0. The van der Waals surface area contributed by atoms with Crippen molar-refractivity contribution in [3.05, 3.63) is 180 Å². The van der Waals surface area contributed by atoms with Gasteiger partial charge in [0.05, 0.1) is 11.0 Å². The van der Waals surface area contributed by atoms with Gasteiger partial charge >= 0.3 is 0 Å². The second kappa shape index (κ2) is 10.1. The molecule has 10 rings (SSSR count). The molecule has 2 aliphatic carbocycles. The lowest BCUT2D eigenvalue weighted by molar-refractivity contribution is 0.141. The number of hydrogen-bond acceptors (Lipinski definition) is 4. The summed E-state index contributed by atoms with van der Waals surface area (Å²) in [7, 11) is 0. The monoisotopic (exact) mass is 606 g/mol. The third-order valence-electron chi connectivity index (χ3n) is 10.2. The summed E-state index contributed by atoms with van der Waals surface area (Å²) in [6.07, 6.45) is 9.21. The maximum Gasteiger partial charge on any atom is 0.241 e. The molecule has 6 aromatic carbocycles. The standard InChI is InChI=1S/C43H30N2O2/c1-2-14-28(15-3-1)41-44-45-42(47-41)39-29-16-5-4-13-27(29)25-26-32(39)33-19-12-23-37-40(33)46-38-24-11-10-22-36(38)43(37)34-20-8-6-17-30(34)31-18-7-9-21-35(31)43/h1-14,16-26,28,41,44H,15H2. The molecule has 224 valence electrons. The Labute approximate surface area is 273 Å². The molecule has 0 saturated heterocycles.